The van der Waals surface area contributed by atoms with Crippen LogP contribution < -0.4 is 0 Å². The number of rotatable bonds is 6. The molecule has 68 valence electrons. The van der Waals surface area contributed by atoms with Crippen LogP contribution in [0.2, 0.25) is 0 Å². The molecule has 0 nitrogen and oxygen atoms in total. The molecule has 0 aliphatic rings. The zero-order chi connectivity index (χ0) is 8.74. The van der Waals surface area contributed by atoms with Crippen molar-refractivity contribution in [1.29, 1.82) is 0 Å². The molecule has 0 atom stereocenters. The molecular formula is C10H23P. The lowest BCUT2D eigenvalue weighted by Gasteiger charge is -2.22. The van der Waals surface area contributed by atoms with E-state index in [0.717, 1.165) is 0 Å². The van der Waals surface area contributed by atoms with E-state index in [1.165, 1.54) is 37.7 Å². The van der Waals surface area contributed by atoms with Gasteiger partial charge in [-0.05, 0) is 18.5 Å². The Morgan fingerprint density at radius 1 is 0.818 bits per heavy atom. The van der Waals surface area contributed by atoms with Crippen LogP contribution in [0.5, 0.6) is 0 Å². The van der Waals surface area contributed by atoms with E-state index in [-0.39, 0.29) is 0 Å². The minimum Gasteiger partial charge on any atom is -0.112 e. The summed E-state index contributed by atoms with van der Waals surface area (Å²) in [5.74, 6) is 0. The van der Waals surface area contributed by atoms with Crippen molar-refractivity contribution in [2.24, 2.45) is 0 Å². The van der Waals surface area contributed by atoms with Gasteiger partial charge in [0.25, 0.3) is 0 Å². The van der Waals surface area contributed by atoms with Crippen molar-refractivity contribution in [3.05, 3.63) is 0 Å². The lowest BCUT2D eigenvalue weighted by atomic mass is 10.6. The quantitative estimate of drug-likeness (QED) is 0.539. The molecule has 0 aliphatic carbocycles. The molecule has 0 spiro atoms. The molecule has 0 heterocycles. The van der Waals surface area contributed by atoms with Gasteiger partial charge in [0.1, 0.15) is 0 Å². The van der Waals surface area contributed by atoms with E-state index >= 15 is 0 Å². The van der Waals surface area contributed by atoms with E-state index in [0.29, 0.717) is 0 Å². The van der Waals surface area contributed by atoms with Crippen LogP contribution in [0.3, 0.4) is 0 Å². The van der Waals surface area contributed by atoms with Gasteiger partial charge >= 0.3 is 0 Å². The van der Waals surface area contributed by atoms with Gasteiger partial charge in [-0.1, -0.05) is 40.0 Å². The van der Waals surface area contributed by atoms with Crippen molar-refractivity contribution in [2.45, 2.75) is 40.0 Å². The molecule has 0 aromatic rings. The van der Waals surface area contributed by atoms with E-state index in [1.807, 2.05) is 0 Å². The Labute approximate surface area is 72.4 Å². The van der Waals surface area contributed by atoms with Crippen LogP contribution in [0.4, 0.5) is 0 Å². The standard InChI is InChI=1S/C10H23P/c1-5-8-11(4,9-6-2)10-7-3/h4-10H2,1-3H3. The largest absolute Gasteiger partial charge is 0.112 e. The SMILES string of the molecule is C=P(CCC)(CCC)CCC. The summed E-state index contributed by atoms with van der Waals surface area (Å²) in [4.78, 5) is 0. The van der Waals surface area contributed by atoms with Crippen molar-refractivity contribution in [3.63, 3.8) is 0 Å². The first-order valence-corrected chi connectivity index (χ1v) is 7.42. The summed E-state index contributed by atoms with van der Waals surface area (Å²) in [6.45, 7) is 6.13. The lowest BCUT2D eigenvalue weighted by Crippen LogP contribution is -1.98. The van der Waals surface area contributed by atoms with Crippen LogP contribution in [0.1, 0.15) is 40.0 Å². The van der Waals surface area contributed by atoms with Gasteiger partial charge in [-0.15, -0.1) is 13.2 Å². The molecule has 0 saturated carbocycles. The Balaban J connectivity index is 3.91. The van der Waals surface area contributed by atoms with Crippen molar-refractivity contribution >= 4 is 13.2 Å². The topological polar surface area (TPSA) is 0 Å². The van der Waals surface area contributed by atoms with Crippen molar-refractivity contribution in [2.75, 3.05) is 18.5 Å². The average Bonchev–Trinajstić information content (AvgIpc) is 1.88. The molecule has 0 bridgehead atoms. The number of hydrogen-bond donors (Lipinski definition) is 0. The molecule has 11 heavy (non-hydrogen) atoms. The van der Waals surface area contributed by atoms with Gasteiger partial charge in [-0.25, -0.2) is 0 Å². The third-order valence-corrected chi connectivity index (χ3v) is 6.28. The molecule has 0 saturated heterocycles. The van der Waals surface area contributed by atoms with Gasteiger partial charge < -0.3 is 0 Å². The van der Waals surface area contributed by atoms with E-state index in [9.17, 15) is 0 Å². The normalized spacial score (nSPS) is 11.9. The first-order valence-electron chi connectivity index (χ1n) is 4.89. The highest BCUT2D eigenvalue weighted by atomic mass is 31.2. The van der Waals surface area contributed by atoms with E-state index in [1.54, 1.807) is 0 Å². The second-order valence-corrected chi connectivity index (χ2v) is 7.54. The van der Waals surface area contributed by atoms with Crippen molar-refractivity contribution < 1.29 is 0 Å². The molecule has 0 radical (unpaired) electrons. The summed E-state index contributed by atoms with van der Waals surface area (Å²) in [6, 6.07) is 0. The first kappa shape index (κ1) is 11.3. The molecule has 0 unspecified atom stereocenters. The van der Waals surface area contributed by atoms with Crippen LogP contribution in [0.25, 0.3) is 0 Å². The highest BCUT2D eigenvalue weighted by Gasteiger charge is 2.09. The Hall–Kier alpha value is 0.300. The number of hydrogen-bond acceptors (Lipinski definition) is 0. The molecule has 0 amide bonds. The van der Waals surface area contributed by atoms with Gasteiger partial charge in [-0.3, -0.25) is 0 Å². The van der Waals surface area contributed by atoms with Crippen LogP contribution in [0, 0.1) is 0 Å². The molecule has 0 fully saturated rings. The maximum Gasteiger partial charge on any atom is -0.0335 e. The Bertz CT molecular complexity index is 103. The predicted octanol–water partition coefficient (Wildman–Crippen LogP) is 3.67. The highest BCUT2D eigenvalue weighted by Crippen LogP contribution is 2.46. The lowest BCUT2D eigenvalue weighted by molar-refractivity contribution is 1.01. The van der Waals surface area contributed by atoms with E-state index in [2.05, 4.69) is 27.1 Å². The van der Waals surface area contributed by atoms with Gasteiger partial charge in [0, 0.05) is 0 Å². The van der Waals surface area contributed by atoms with Crippen LogP contribution in [-0.2, 0) is 0 Å². The van der Waals surface area contributed by atoms with E-state index < -0.39 is 6.89 Å². The Morgan fingerprint density at radius 2 is 1.09 bits per heavy atom. The Kier molecular flexibility index (Phi) is 6.05. The molecule has 0 aliphatic heterocycles. The monoisotopic (exact) mass is 174 g/mol. The fourth-order valence-corrected chi connectivity index (χ4v) is 5.28. The molecule has 1 heteroatoms. The van der Waals surface area contributed by atoms with Crippen LogP contribution in [-0.4, -0.2) is 24.8 Å². The minimum absolute atomic E-state index is 0.719. The van der Waals surface area contributed by atoms with Crippen LogP contribution in [0.15, 0.2) is 0 Å². The van der Waals surface area contributed by atoms with Gasteiger partial charge in [-0.2, -0.15) is 0 Å². The molecule has 0 aromatic carbocycles. The summed E-state index contributed by atoms with van der Waals surface area (Å²) in [5.41, 5.74) is 0. The van der Waals surface area contributed by atoms with Gasteiger partial charge in [0.2, 0.25) is 0 Å². The first-order chi connectivity index (χ1) is 5.18. The van der Waals surface area contributed by atoms with Crippen LogP contribution >= 0.6 is 6.89 Å². The third kappa shape index (κ3) is 4.69. The summed E-state index contributed by atoms with van der Waals surface area (Å²) in [5, 5.41) is 0. The maximum atomic E-state index is 4.45. The Morgan fingerprint density at radius 3 is 1.27 bits per heavy atom. The smallest absolute Gasteiger partial charge is 0.0335 e. The summed E-state index contributed by atoms with van der Waals surface area (Å²) in [6.07, 6.45) is 12.7. The second-order valence-electron chi connectivity index (χ2n) is 3.51. The zero-order valence-electron chi connectivity index (χ0n) is 8.40. The minimum atomic E-state index is -0.719. The van der Waals surface area contributed by atoms with Gasteiger partial charge in [0.15, 0.2) is 0 Å². The van der Waals surface area contributed by atoms with E-state index in [4.69, 9.17) is 0 Å². The summed E-state index contributed by atoms with van der Waals surface area (Å²) >= 11 is 0. The molecular weight excluding hydrogens is 151 g/mol. The second kappa shape index (κ2) is 5.89. The summed E-state index contributed by atoms with van der Waals surface area (Å²) < 4.78 is 0. The fraction of sp³-hybridized carbons (Fsp3) is 0.900. The maximum absolute atomic E-state index is 4.45. The van der Waals surface area contributed by atoms with Gasteiger partial charge in [0.05, 0.1) is 0 Å². The highest BCUT2D eigenvalue weighted by molar-refractivity contribution is 7.73. The van der Waals surface area contributed by atoms with Crippen molar-refractivity contribution in [1.82, 2.24) is 0 Å². The molecule has 0 rings (SSSR count). The molecule has 0 N–H and O–H groups in total. The summed E-state index contributed by atoms with van der Waals surface area (Å²) in [7, 11) is 0. The fourth-order valence-electron chi connectivity index (χ4n) is 1.76. The zero-order valence-corrected chi connectivity index (χ0v) is 9.29. The average molecular weight is 174 g/mol. The molecule has 0 aromatic heterocycles. The predicted molar refractivity (Wildman–Crippen MR) is 59.5 cm³/mol. The third-order valence-electron chi connectivity index (χ3n) is 2.09. The van der Waals surface area contributed by atoms with Crippen molar-refractivity contribution in [3.8, 4) is 0 Å².